The zero-order chi connectivity index (χ0) is 14.9. The van der Waals surface area contributed by atoms with Crippen molar-refractivity contribution in [3.63, 3.8) is 0 Å². The van der Waals surface area contributed by atoms with E-state index in [1.54, 1.807) is 0 Å². The van der Waals surface area contributed by atoms with Crippen LogP contribution in [0.5, 0.6) is 0 Å². The standard InChI is InChI=1S/C16H30N2O3/c1-15-3-7-18(8-4-15)9-5-16(19)21-12-2-6-17-10-13-20-14-11-17/h15H,2-14H2,1H3. The van der Waals surface area contributed by atoms with Crippen molar-refractivity contribution in [3.8, 4) is 0 Å². The highest BCUT2D eigenvalue weighted by Crippen LogP contribution is 2.15. The molecule has 0 N–H and O–H groups in total. The van der Waals surface area contributed by atoms with Crippen LogP contribution in [0.15, 0.2) is 0 Å². The van der Waals surface area contributed by atoms with Gasteiger partial charge in [-0.3, -0.25) is 9.69 Å². The number of likely N-dealkylation sites (tertiary alicyclic amines) is 1. The van der Waals surface area contributed by atoms with Crippen LogP contribution in [0.3, 0.4) is 0 Å². The van der Waals surface area contributed by atoms with E-state index < -0.39 is 0 Å². The summed E-state index contributed by atoms with van der Waals surface area (Å²) in [6, 6.07) is 0. The highest BCUT2D eigenvalue weighted by atomic mass is 16.5. The molecular weight excluding hydrogens is 268 g/mol. The summed E-state index contributed by atoms with van der Waals surface area (Å²) in [5.74, 6) is 0.795. The number of carbonyl (C=O) groups excluding carboxylic acids is 1. The number of piperidine rings is 1. The number of hydrogen-bond acceptors (Lipinski definition) is 5. The van der Waals surface area contributed by atoms with Crippen LogP contribution in [0, 0.1) is 5.92 Å². The summed E-state index contributed by atoms with van der Waals surface area (Å²) in [5, 5.41) is 0. The van der Waals surface area contributed by atoms with Gasteiger partial charge in [-0.2, -0.15) is 0 Å². The van der Waals surface area contributed by atoms with Crippen LogP contribution >= 0.6 is 0 Å². The first-order valence-corrected chi connectivity index (χ1v) is 8.42. The van der Waals surface area contributed by atoms with Crippen LogP contribution in [-0.4, -0.2) is 74.9 Å². The third kappa shape index (κ3) is 6.76. The Hall–Kier alpha value is -0.650. The van der Waals surface area contributed by atoms with Gasteiger partial charge in [0.2, 0.25) is 0 Å². The molecule has 2 rings (SSSR count). The fraction of sp³-hybridized carbons (Fsp3) is 0.938. The first-order chi connectivity index (χ1) is 10.2. The van der Waals surface area contributed by atoms with Crippen molar-refractivity contribution in [2.24, 2.45) is 5.92 Å². The van der Waals surface area contributed by atoms with Crippen molar-refractivity contribution in [2.45, 2.75) is 32.6 Å². The van der Waals surface area contributed by atoms with Gasteiger partial charge in [-0.1, -0.05) is 6.92 Å². The fourth-order valence-electron chi connectivity index (χ4n) is 2.91. The van der Waals surface area contributed by atoms with Crippen molar-refractivity contribution in [2.75, 3.05) is 59.1 Å². The smallest absolute Gasteiger partial charge is 0.307 e. The molecule has 0 radical (unpaired) electrons. The number of hydrogen-bond donors (Lipinski definition) is 0. The molecule has 2 aliphatic rings. The third-order valence-corrected chi connectivity index (χ3v) is 4.49. The Kier molecular flexibility index (Phi) is 7.47. The molecule has 21 heavy (non-hydrogen) atoms. The largest absolute Gasteiger partial charge is 0.466 e. The van der Waals surface area contributed by atoms with Crippen LogP contribution in [0.25, 0.3) is 0 Å². The Bertz CT molecular complexity index is 298. The summed E-state index contributed by atoms with van der Waals surface area (Å²) >= 11 is 0. The molecule has 2 aliphatic heterocycles. The van der Waals surface area contributed by atoms with Crippen molar-refractivity contribution < 1.29 is 14.3 Å². The van der Waals surface area contributed by atoms with Crippen LogP contribution in [0.2, 0.25) is 0 Å². The molecule has 5 nitrogen and oxygen atoms in total. The Labute approximate surface area is 128 Å². The van der Waals surface area contributed by atoms with E-state index in [1.807, 2.05) is 0 Å². The lowest BCUT2D eigenvalue weighted by molar-refractivity contribution is -0.144. The lowest BCUT2D eigenvalue weighted by atomic mass is 9.99. The van der Waals surface area contributed by atoms with Crippen LogP contribution in [0.4, 0.5) is 0 Å². The van der Waals surface area contributed by atoms with Gasteiger partial charge in [0.15, 0.2) is 0 Å². The van der Waals surface area contributed by atoms with E-state index in [9.17, 15) is 4.79 Å². The van der Waals surface area contributed by atoms with E-state index in [4.69, 9.17) is 9.47 Å². The number of esters is 1. The molecule has 0 aromatic heterocycles. The molecule has 0 saturated carbocycles. The van der Waals surface area contributed by atoms with E-state index in [1.165, 1.54) is 12.8 Å². The monoisotopic (exact) mass is 298 g/mol. The minimum Gasteiger partial charge on any atom is -0.466 e. The van der Waals surface area contributed by atoms with Gasteiger partial charge in [0.25, 0.3) is 0 Å². The Morgan fingerprint density at radius 1 is 1.10 bits per heavy atom. The van der Waals surface area contributed by atoms with Crippen molar-refractivity contribution >= 4 is 5.97 Å². The summed E-state index contributed by atoms with van der Waals surface area (Å²) in [6.45, 7) is 10.6. The SMILES string of the molecule is CC1CCN(CCC(=O)OCCCN2CCOCC2)CC1. The molecule has 2 heterocycles. The Morgan fingerprint density at radius 3 is 2.48 bits per heavy atom. The topological polar surface area (TPSA) is 42.0 Å². The van der Waals surface area contributed by atoms with Crippen LogP contribution in [-0.2, 0) is 14.3 Å². The molecule has 0 aliphatic carbocycles. The second kappa shape index (κ2) is 9.38. The minimum absolute atomic E-state index is 0.0457. The molecule has 0 unspecified atom stereocenters. The van der Waals surface area contributed by atoms with E-state index >= 15 is 0 Å². The first kappa shape index (κ1) is 16.7. The number of morpholine rings is 1. The normalized spacial score (nSPS) is 22.3. The maximum atomic E-state index is 11.7. The van der Waals surface area contributed by atoms with Gasteiger partial charge < -0.3 is 14.4 Å². The highest BCUT2D eigenvalue weighted by molar-refractivity contribution is 5.69. The molecule has 5 heteroatoms. The van der Waals surface area contributed by atoms with Crippen molar-refractivity contribution in [1.82, 2.24) is 9.80 Å². The Morgan fingerprint density at radius 2 is 1.76 bits per heavy atom. The van der Waals surface area contributed by atoms with Gasteiger partial charge in [-0.15, -0.1) is 0 Å². The van der Waals surface area contributed by atoms with Crippen molar-refractivity contribution in [3.05, 3.63) is 0 Å². The highest BCUT2D eigenvalue weighted by Gasteiger charge is 2.16. The lowest BCUT2D eigenvalue weighted by Gasteiger charge is -2.29. The molecule has 0 amide bonds. The summed E-state index contributed by atoms with van der Waals surface area (Å²) in [6.07, 6.45) is 3.97. The summed E-state index contributed by atoms with van der Waals surface area (Å²) in [4.78, 5) is 16.5. The first-order valence-electron chi connectivity index (χ1n) is 8.42. The van der Waals surface area contributed by atoms with Gasteiger partial charge in [0.1, 0.15) is 0 Å². The lowest BCUT2D eigenvalue weighted by Crippen LogP contribution is -2.37. The van der Waals surface area contributed by atoms with E-state index in [2.05, 4.69) is 16.7 Å². The van der Waals surface area contributed by atoms with Crippen molar-refractivity contribution in [1.29, 1.82) is 0 Å². The van der Waals surface area contributed by atoms with Crippen LogP contribution in [0.1, 0.15) is 32.6 Å². The van der Waals surface area contributed by atoms with Gasteiger partial charge in [0, 0.05) is 26.2 Å². The minimum atomic E-state index is -0.0457. The maximum absolute atomic E-state index is 11.7. The number of rotatable bonds is 7. The molecule has 122 valence electrons. The number of carbonyl (C=O) groups is 1. The zero-order valence-electron chi connectivity index (χ0n) is 13.4. The van der Waals surface area contributed by atoms with Gasteiger partial charge in [-0.05, 0) is 38.3 Å². The second-order valence-electron chi connectivity index (χ2n) is 6.30. The van der Waals surface area contributed by atoms with E-state index in [-0.39, 0.29) is 5.97 Å². The number of ether oxygens (including phenoxy) is 2. The predicted molar refractivity (Wildman–Crippen MR) is 82.3 cm³/mol. The van der Waals surface area contributed by atoms with Gasteiger partial charge in [-0.25, -0.2) is 0 Å². The quantitative estimate of drug-likeness (QED) is 0.524. The average Bonchev–Trinajstić information content (AvgIpc) is 2.52. The van der Waals surface area contributed by atoms with E-state index in [0.717, 1.165) is 64.8 Å². The molecule has 2 fully saturated rings. The molecule has 0 atom stereocenters. The maximum Gasteiger partial charge on any atom is 0.307 e. The second-order valence-corrected chi connectivity index (χ2v) is 6.30. The fourth-order valence-corrected chi connectivity index (χ4v) is 2.91. The summed E-state index contributed by atoms with van der Waals surface area (Å²) in [7, 11) is 0. The average molecular weight is 298 g/mol. The zero-order valence-corrected chi connectivity index (χ0v) is 13.4. The Balaban J connectivity index is 1.45. The molecule has 0 bridgehead atoms. The molecular formula is C16H30N2O3. The van der Waals surface area contributed by atoms with E-state index in [0.29, 0.717) is 13.0 Å². The van der Waals surface area contributed by atoms with Crippen LogP contribution < -0.4 is 0 Å². The molecule has 0 aromatic carbocycles. The third-order valence-electron chi connectivity index (χ3n) is 4.49. The summed E-state index contributed by atoms with van der Waals surface area (Å²) < 4.78 is 10.6. The molecule has 0 spiro atoms. The van der Waals surface area contributed by atoms with Gasteiger partial charge in [0.05, 0.1) is 26.2 Å². The molecule has 0 aromatic rings. The molecule has 2 saturated heterocycles. The number of nitrogens with zero attached hydrogens (tertiary/aromatic N) is 2. The predicted octanol–water partition coefficient (Wildman–Crippen LogP) is 1.37. The van der Waals surface area contributed by atoms with Gasteiger partial charge >= 0.3 is 5.97 Å². The summed E-state index contributed by atoms with van der Waals surface area (Å²) in [5.41, 5.74) is 0.